The lowest BCUT2D eigenvalue weighted by molar-refractivity contribution is 0.289. The smallest absolute Gasteiger partial charge is 0.196 e. The molecular weight excluding hydrogens is 316 g/mol. The summed E-state index contributed by atoms with van der Waals surface area (Å²) in [6, 6.07) is 12.1. The maximum Gasteiger partial charge on any atom is 0.196 e. The summed E-state index contributed by atoms with van der Waals surface area (Å²) in [5.41, 5.74) is 1.66. The van der Waals surface area contributed by atoms with E-state index in [0.29, 0.717) is 34.8 Å². The highest BCUT2D eigenvalue weighted by molar-refractivity contribution is 5.81. The zero-order chi connectivity index (χ0) is 18.0. The third-order valence-corrected chi connectivity index (χ3v) is 4.18. The topological polar surface area (TPSA) is 59.7 Å². The summed E-state index contributed by atoms with van der Waals surface area (Å²) in [6.07, 6.45) is 1.01. The second-order valence-electron chi connectivity index (χ2n) is 6.62. The van der Waals surface area contributed by atoms with E-state index in [-0.39, 0.29) is 11.2 Å². The van der Waals surface area contributed by atoms with E-state index in [1.807, 2.05) is 24.3 Å². The van der Waals surface area contributed by atoms with Crippen molar-refractivity contribution in [1.82, 2.24) is 0 Å². The molecule has 0 unspecified atom stereocenters. The molecule has 0 amide bonds. The largest absolute Gasteiger partial charge is 0.508 e. The fourth-order valence-corrected chi connectivity index (χ4v) is 2.67. The Bertz CT molecular complexity index is 937. The summed E-state index contributed by atoms with van der Waals surface area (Å²) >= 11 is 0. The normalized spacial score (nSPS) is 11.2. The lowest BCUT2D eigenvalue weighted by Gasteiger charge is -2.10. The summed E-state index contributed by atoms with van der Waals surface area (Å²) in [4.78, 5) is 12.6. The van der Waals surface area contributed by atoms with Gasteiger partial charge in [0.15, 0.2) is 5.43 Å². The summed E-state index contributed by atoms with van der Waals surface area (Å²) in [6.45, 7) is 6.75. The van der Waals surface area contributed by atoms with Crippen molar-refractivity contribution >= 4 is 11.0 Å². The molecule has 3 rings (SSSR count). The highest BCUT2D eigenvalue weighted by Crippen LogP contribution is 2.28. The van der Waals surface area contributed by atoms with E-state index >= 15 is 0 Å². The van der Waals surface area contributed by atoms with E-state index in [2.05, 4.69) is 13.8 Å². The second kappa shape index (κ2) is 7.01. The highest BCUT2D eigenvalue weighted by Gasteiger charge is 2.13. The van der Waals surface area contributed by atoms with Gasteiger partial charge in [0, 0.05) is 11.1 Å². The monoisotopic (exact) mass is 338 g/mol. The minimum Gasteiger partial charge on any atom is -0.508 e. The molecule has 0 aliphatic heterocycles. The molecule has 130 valence electrons. The Labute approximate surface area is 146 Å². The van der Waals surface area contributed by atoms with Crippen LogP contribution in [0.2, 0.25) is 0 Å². The Balaban J connectivity index is 1.92. The van der Waals surface area contributed by atoms with Gasteiger partial charge in [-0.15, -0.1) is 0 Å². The summed E-state index contributed by atoms with van der Waals surface area (Å²) in [5, 5.41) is 9.96. The number of ether oxygens (including phenoxy) is 1. The molecule has 4 nitrogen and oxygen atoms in total. The van der Waals surface area contributed by atoms with E-state index in [1.165, 1.54) is 12.1 Å². The SMILES string of the molecule is Cc1c(-c2ccc(OCCC(C)C)cc2)oc2ccc(O)cc2c1=O. The first-order chi connectivity index (χ1) is 12.0. The van der Waals surface area contributed by atoms with Gasteiger partial charge in [0.05, 0.1) is 12.0 Å². The number of phenolic OH excluding ortho intramolecular Hbond substituents is 1. The Morgan fingerprint density at radius 1 is 1.12 bits per heavy atom. The van der Waals surface area contributed by atoms with E-state index in [1.54, 1.807) is 13.0 Å². The average Bonchev–Trinajstić information content (AvgIpc) is 2.59. The Kier molecular flexibility index (Phi) is 4.79. The molecule has 0 aliphatic rings. The number of fused-ring (bicyclic) bond motifs is 1. The molecule has 0 saturated carbocycles. The predicted octanol–water partition coefficient (Wildman–Crippen LogP) is 4.90. The lowest BCUT2D eigenvalue weighted by atomic mass is 10.1. The molecule has 2 aromatic carbocycles. The first-order valence-electron chi connectivity index (χ1n) is 8.45. The van der Waals surface area contributed by atoms with Crippen LogP contribution in [0.5, 0.6) is 11.5 Å². The number of hydrogen-bond acceptors (Lipinski definition) is 4. The van der Waals surface area contributed by atoms with Crippen molar-refractivity contribution in [1.29, 1.82) is 0 Å². The first kappa shape index (κ1) is 17.1. The molecule has 4 heteroatoms. The molecule has 1 heterocycles. The summed E-state index contributed by atoms with van der Waals surface area (Å²) in [5.74, 6) is 2.00. The predicted molar refractivity (Wildman–Crippen MR) is 99.3 cm³/mol. The maximum absolute atomic E-state index is 12.6. The van der Waals surface area contributed by atoms with Crippen LogP contribution in [0, 0.1) is 12.8 Å². The van der Waals surface area contributed by atoms with E-state index in [9.17, 15) is 9.90 Å². The number of rotatable bonds is 5. The van der Waals surface area contributed by atoms with Gasteiger partial charge >= 0.3 is 0 Å². The van der Waals surface area contributed by atoms with Gasteiger partial charge < -0.3 is 14.3 Å². The van der Waals surface area contributed by atoms with E-state index in [4.69, 9.17) is 9.15 Å². The van der Waals surface area contributed by atoms with Crippen LogP contribution in [0.15, 0.2) is 51.7 Å². The number of benzene rings is 2. The van der Waals surface area contributed by atoms with Crippen molar-refractivity contribution in [3.8, 4) is 22.8 Å². The Hall–Kier alpha value is -2.75. The zero-order valence-electron chi connectivity index (χ0n) is 14.7. The fraction of sp³-hybridized carbons (Fsp3) is 0.286. The third kappa shape index (κ3) is 3.68. The minimum atomic E-state index is -0.135. The number of hydrogen-bond donors (Lipinski definition) is 1. The standard InChI is InChI=1S/C21H22O4/c1-13(2)10-11-24-17-7-4-15(5-8-17)21-14(3)20(23)18-12-16(22)6-9-19(18)25-21/h4-9,12-13,22H,10-11H2,1-3H3. The molecule has 1 aromatic heterocycles. The van der Waals surface area contributed by atoms with Crippen molar-refractivity contribution in [2.75, 3.05) is 6.61 Å². The summed E-state index contributed by atoms with van der Waals surface area (Å²) < 4.78 is 11.6. The van der Waals surface area contributed by atoms with Gasteiger partial charge in [-0.3, -0.25) is 4.79 Å². The Morgan fingerprint density at radius 2 is 1.84 bits per heavy atom. The van der Waals surface area contributed by atoms with Crippen LogP contribution >= 0.6 is 0 Å². The van der Waals surface area contributed by atoms with Crippen LogP contribution in [-0.4, -0.2) is 11.7 Å². The van der Waals surface area contributed by atoms with Crippen molar-refractivity contribution in [3.05, 3.63) is 58.3 Å². The van der Waals surface area contributed by atoms with E-state index in [0.717, 1.165) is 17.7 Å². The zero-order valence-corrected chi connectivity index (χ0v) is 14.7. The van der Waals surface area contributed by atoms with Crippen molar-refractivity contribution in [2.45, 2.75) is 27.2 Å². The lowest BCUT2D eigenvalue weighted by Crippen LogP contribution is -2.07. The number of aromatic hydroxyl groups is 1. The van der Waals surface area contributed by atoms with Gasteiger partial charge in [0.2, 0.25) is 0 Å². The molecule has 3 aromatic rings. The van der Waals surface area contributed by atoms with Crippen molar-refractivity contribution < 1.29 is 14.3 Å². The second-order valence-corrected chi connectivity index (χ2v) is 6.62. The summed E-state index contributed by atoms with van der Waals surface area (Å²) in [7, 11) is 0. The van der Waals surface area contributed by atoms with Gasteiger partial charge in [-0.2, -0.15) is 0 Å². The van der Waals surface area contributed by atoms with Crippen LogP contribution in [-0.2, 0) is 0 Å². The van der Waals surface area contributed by atoms with E-state index < -0.39 is 0 Å². The average molecular weight is 338 g/mol. The minimum absolute atomic E-state index is 0.0508. The molecule has 0 aliphatic carbocycles. The van der Waals surface area contributed by atoms with Gasteiger partial charge in [-0.05, 0) is 61.7 Å². The number of phenols is 1. The van der Waals surface area contributed by atoms with Crippen LogP contribution in [0.1, 0.15) is 25.8 Å². The molecule has 25 heavy (non-hydrogen) atoms. The third-order valence-electron chi connectivity index (χ3n) is 4.18. The first-order valence-corrected chi connectivity index (χ1v) is 8.45. The highest BCUT2D eigenvalue weighted by atomic mass is 16.5. The molecule has 0 fully saturated rings. The molecule has 1 N–H and O–H groups in total. The fourth-order valence-electron chi connectivity index (χ4n) is 2.67. The van der Waals surface area contributed by atoms with Gasteiger partial charge in [0.25, 0.3) is 0 Å². The maximum atomic E-state index is 12.6. The Morgan fingerprint density at radius 3 is 2.52 bits per heavy atom. The van der Waals surface area contributed by atoms with Gasteiger partial charge in [-0.1, -0.05) is 13.8 Å². The molecule has 0 bridgehead atoms. The molecular formula is C21H22O4. The van der Waals surface area contributed by atoms with Crippen LogP contribution in [0.3, 0.4) is 0 Å². The van der Waals surface area contributed by atoms with Crippen molar-refractivity contribution in [2.24, 2.45) is 5.92 Å². The molecule has 0 spiro atoms. The quantitative estimate of drug-likeness (QED) is 0.719. The van der Waals surface area contributed by atoms with Crippen LogP contribution in [0.4, 0.5) is 0 Å². The van der Waals surface area contributed by atoms with Crippen molar-refractivity contribution in [3.63, 3.8) is 0 Å². The van der Waals surface area contributed by atoms with Crippen LogP contribution < -0.4 is 10.2 Å². The molecule has 0 saturated heterocycles. The van der Waals surface area contributed by atoms with Gasteiger partial charge in [-0.25, -0.2) is 0 Å². The van der Waals surface area contributed by atoms with Gasteiger partial charge in [0.1, 0.15) is 22.8 Å². The molecule has 0 radical (unpaired) electrons. The molecule has 0 atom stereocenters. The van der Waals surface area contributed by atoms with Crippen LogP contribution in [0.25, 0.3) is 22.3 Å².